The summed E-state index contributed by atoms with van der Waals surface area (Å²) < 4.78 is 28.5. The van der Waals surface area contributed by atoms with Crippen molar-refractivity contribution >= 4 is 15.7 Å². The lowest BCUT2D eigenvalue weighted by Gasteiger charge is -2.32. The molecule has 1 saturated heterocycles. The molecule has 3 rings (SSSR count). The zero-order valence-corrected chi connectivity index (χ0v) is 17.7. The van der Waals surface area contributed by atoms with E-state index in [1.165, 1.54) is 17.7 Å². The molecule has 0 spiro atoms. The normalized spacial score (nSPS) is 15.8. The molecule has 1 aliphatic rings. The summed E-state index contributed by atoms with van der Waals surface area (Å²) in [5.41, 5.74) is 1.65. The number of ether oxygens (including phenoxy) is 1. The summed E-state index contributed by atoms with van der Waals surface area (Å²) in [5.74, 6) is 1.07. The Hall–Kier alpha value is -2.38. The molecule has 1 amide bonds. The molecule has 156 valence electrons. The van der Waals surface area contributed by atoms with Crippen LogP contribution in [0.1, 0.15) is 28.8 Å². The van der Waals surface area contributed by atoms with Crippen molar-refractivity contribution in [1.82, 2.24) is 10.2 Å². The third-order valence-corrected chi connectivity index (χ3v) is 6.46. The highest BCUT2D eigenvalue weighted by atomic mass is 32.2. The average Bonchev–Trinajstić information content (AvgIpc) is 2.73. The largest absolute Gasteiger partial charge is 0.497 e. The molecule has 0 aromatic heterocycles. The molecule has 1 heterocycles. The molecule has 0 atom stereocenters. The molecule has 6 nitrogen and oxygen atoms in total. The van der Waals surface area contributed by atoms with Gasteiger partial charge in [-0.15, -0.1) is 0 Å². The van der Waals surface area contributed by atoms with Gasteiger partial charge < -0.3 is 10.1 Å². The maximum Gasteiger partial charge on any atom is 0.251 e. The minimum atomic E-state index is -3.32. The van der Waals surface area contributed by atoms with Crippen LogP contribution in [0, 0.1) is 5.92 Å². The minimum absolute atomic E-state index is 0.164. The van der Waals surface area contributed by atoms with E-state index in [2.05, 4.69) is 22.3 Å². The highest BCUT2D eigenvalue weighted by Crippen LogP contribution is 2.20. The predicted molar refractivity (Wildman–Crippen MR) is 113 cm³/mol. The van der Waals surface area contributed by atoms with Crippen LogP contribution in [-0.4, -0.2) is 52.2 Å². The number of carbonyl (C=O) groups is 1. The van der Waals surface area contributed by atoms with Gasteiger partial charge in [-0.3, -0.25) is 9.69 Å². The summed E-state index contributed by atoms with van der Waals surface area (Å²) >= 11 is 0. The number of hydrogen-bond donors (Lipinski definition) is 1. The average molecular weight is 417 g/mol. The lowest BCUT2D eigenvalue weighted by molar-refractivity contribution is 0.0935. The van der Waals surface area contributed by atoms with Crippen molar-refractivity contribution in [3.05, 3.63) is 59.7 Å². The molecule has 1 N–H and O–H groups in total. The Bertz CT molecular complexity index is 934. The van der Waals surface area contributed by atoms with Crippen LogP contribution in [0.2, 0.25) is 0 Å². The zero-order valence-electron chi connectivity index (χ0n) is 16.9. The maximum absolute atomic E-state index is 12.4. The number of nitrogens with one attached hydrogen (secondary N) is 1. The number of likely N-dealkylation sites (tertiary alicyclic amines) is 1. The van der Waals surface area contributed by atoms with Gasteiger partial charge in [-0.1, -0.05) is 18.2 Å². The van der Waals surface area contributed by atoms with Gasteiger partial charge in [0.2, 0.25) is 0 Å². The fraction of sp³-hybridized carbons (Fsp3) is 0.409. The summed E-state index contributed by atoms with van der Waals surface area (Å²) in [6.07, 6.45) is 3.20. The number of benzene rings is 2. The lowest BCUT2D eigenvalue weighted by Crippen LogP contribution is -2.38. The van der Waals surface area contributed by atoms with E-state index < -0.39 is 9.84 Å². The van der Waals surface area contributed by atoms with Gasteiger partial charge >= 0.3 is 0 Å². The van der Waals surface area contributed by atoms with Crippen molar-refractivity contribution in [3.8, 4) is 5.75 Å². The van der Waals surface area contributed by atoms with Crippen molar-refractivity contribution < 1.29 is 17.9 Å². The first kappa shape index (κ1) is 21.3. The van der Waals surface area contributed by atoms with Crippen molar-refractivity contribution in [2.24, 2.45) is 5.92 Å². The topological polar surface area (TPSA) is 75.7 Å². The summed E-state index contributed by atoms with van der Waals surface area (Å²) in [4.78, 5) is 15.0. The maximum atomic E-state index is 12.4. The van der Waals surface area contributed by atoms with Crippen LogP contribution in [0.4, 0.5) is 0 Å². The van der Waals surface area contributed by atoms with Crippen LogP contribution in [-0.2, 0) is 16.4 Å². The zero-order chi connectivity index (χ0) is 20.9. The third-order valence-electron chi connectivity index (χ3n) is 5.35. The molecular formula is C22H28N2O4S. The molecule has 0 unspecified atom stereocenters. The fourth-order valence-electron chi connectivity index (χ4n) is 3.54. The molecule has 2 aromatic rings. The van der Waals surface area contributed by atoms with Gasteiger partial charge in [0.1, 0.15) is 5.75 Å². The van der Waals surface area contributed by atoms with E-state index in [1.54, 1.807) is 19.2 Å². The van der Waals surface area contributed by atoms with E-state index >= 15 is 0 Å². The Kier molecular flexibility index (Phi) is 6.92. The van der Waals surface area contributed by atoms with E-state index in [0.717, 1.165) is 44.5 Å². The number of nitrogens with zero attached hydrogens (tertiary/aromatic N) is 1. The van der Waals surface area contributed by atoms with Gasteiger partial charge in [0.05, 0.1) is 12.0 Å². The smallest absolute Gasteiger partial charge is 0.251 e. The number of amides is 1. The second-order valence-corrected chi connectivity index (χ2v) is 9.59. The minimum Gasteiger partial charge on any atom is -0.497 e. The Morgan fingerprint density at radius 2 is 1.83 bits per heavy atom. The first-order valence-corrected chi connectivity index (χ1v) is 11.7. The summed E-state index contributed by atoms with van der Waals surface area (Å²) in [6, 6.07) is 14.3. The van der Waals surface area contributed by atoms with E-state index in [9.17, 15) is 13.2 Å². The van der Waals surface area contributed by atoms with Gasteiger partial charge in [0.15, 0.2) is 9.84 Å². The van der Waals surface area contributed by atoms with Crippen molar-refractivity contribution in [2.45, 2.75) is 24.3 Å². The Balaban J connectivity index is 1.45. The van der Waals surface area contributed by atoms with Gasteiger partial charge in [0.25, 0.3) is 5.91 Å². The first-order valence-electron chi connectivity index (χ1n) is 9.79. The van der Waals surface area contributed by atoms with Crippen LogP contribution in [0.15, 0.2) is 53.4 Å². The molecule has 0 aliphatic carbocycles. The molecule has 0 saturated carbocycles. The van der Waals surface area contributed by atoms with E-state index in [1.807, 2.05) is 12.1 Å². The molecular weight excluding hydrogens is 388 g/mol. The Morgan fingerprint density at radius 1 is 1.14 bits per heavy atom. The number of piperidine rings is 1. The molecule has 1 fully saturated rings. The van der Waals surface area contributed by atoms with Crippen LogP contribution in [0.25, 0.3) is 0 Å². The van der Waals surface area contributed by atoms with Crippen molar-refractivity contribution in [3.63, 3.8) is 0 Å². The standard InChI is InChI=1S/C22H28N2O4S/c1-28-20-8-6-18(7-9-20)16-24-12-10-17(11-13-24)15-23-22(25)19-4-3-5-21(14-19)29(2,26)27/h3-9,14,17H,10-13,15-16H2,1-2H3,(H,23,25). The number of carbonyl (C=O) groups excluding carboxylic acids is 1. The van der Waals surface area contributed by atoms with Gasteiger partial charge in [-0.25, -0.2) is 8.42 Å². The molecule has 0 bridgehead atoms. The van der Waals surface area contributed by atoms with Crippen LogP contribution < -0.4 is 10.1 Å². The molecule has 7 heteroatoms. The SMILES string of the molecule is COc1ccc(CN2CCC(CNC(=O)c3cccc(S(C)(=O)=O)c3)CC2)cc1. The Labute approximate surface area is 172 Å². The number of sulfone groups is 1. The second kappa shape index (κ2) is 9.41. The highest BCUT2D eigenvalue weighted by Gasteiger charge is 2.20. The van der Waals surface area contributed by atoms with Crippen molar-refractivity contribution in [1.29, 1.82) is 0 Å². The molecule has 29 heavy (non-hydrogen) atoms. The first-order chi connectivity index (χ1) is 13.8. The van der Waals surface area contributed by atoms with E-state index in [-0.39, 0.29) is 10.8 Å². The van der Waals surface area contributed by atoms with E-state index in [4.69, 9.17) is 4.74 Å². The highest BCUT2D eigenvalue weighted by molar-refractivity contribution is 7.90. The molecule has 0 radical (unpaired) electrons. The van der Waals surface area contributed by atoms with E-state index in [0.29, 0.717) is 18.0 Å². The lowest BCUT2D eigenvalue weighted by atomic mass is 9.96. The number of methoxy groups -OCH3 is 1. The summed E-state index contributed by atoms with van der Waals surface area (Å²) in [5, 5.41) is 2.96. The van der Waals surface area contributed by atoms with Gasteiger partial charge in [-0.05, 0) is 67.7 Å². The number of hydrogen-bond acceptors (Lipinski definition) is 5. The van der Waals surface area contributed by atoms with Crippen LogP contribution in [0.5, 0.6) is 5.75 Å². The van der Waals surface area contributed by atoms with Crippen LogP contribution in [0.3, 0.4) is 0 Å². The molecule has 2 aromatic carbocycles. The van der Waals surface area contributed by atoms with Gasteiger partial charge in [0, 0.05) is 24.9 Å². The summed E-state index contributed by atoms with van der Waals surface area (Å²) in [6.45, 7) is 3.52. The van der Waals surface area contributed by atoms with Crippen molar-refractivity contribution in [2.75, 3.05) is 33.0 Å². The van der Waals surface area contributed by atoms with Crippen LogP contribution >= 0.6 is 0 Å². The second-order valence-electron chi connectivity index (χ2n) is 7.58. The Morgan fingerprint density at radius 3 is 2.45 bits per heavy atom. The monoisotopic (exact) mass is 416 g/mol. The summed E-state index contributed by atoms with van der Waals surface area (Å²) in [7, 11) is -1.66. The molecule has 1 aliphatic heterocycles. The quantitative estimate of drug-likeness (QED) is 0.751. The number of rotatable bonds is 7. The predicted octanol–water partition coefficient (Wildman–Crippen LogP) is 2.74. The fourth-order valence-corrected chi connectivity index (χ4v) is 4.21. The van der Waals surface area contributed by atoms with Gasteiger partial charge in [-0.2, -0.15) is 0 Å². The third kappa shape index (κ3) is 6.05.